The molecule has 0 aromatic heterocycles. The van der Waals surface area contributed by atoms with Crippen molar-refractivity contribution in [2.24, 2.45) is 0 Å². The van der Waals surface area contributed by atoms with Crippen molar-refractivity contribution in [2.75, 3.05) is 37.8 Å². The van der Waals surface area contributed by atoms with Crippen molar-refractivity contribution in [1.82, 2.24) is 20.7 Å². The number of benzene rings is 1. The monoisotopic (exact) mass is 540 g/mol. The molecule has 206 valence electrons. The number of carbonyl (C=O) groups excluding carboxylic acids is 2. The number of carboxylic acids is 1. The van der Waals surface area contributed by atoms with E-state index in [2.05, 4.69) is 10.2 Å². The summed E-state index contributed by atoms with van der Waals surface area (Å²) in [5.41, 5.74) is 1.06. The van der Waals surface area contributed by atoms with Crippen LogP contribution in [0, 0.1) is 0 Å². The first-order chi connectivity index (χ1) is 17.9. The molecule has 1 amide bonds. The molecule has 0 bridgehead atoms. The summed E-state index contributed by atoms with van der Waals surface area (Å²) in [6, 6.07) is 7.39. The van der Waals surface area contributed by atoms with Gasteiger partial charge in [0, 0.05) is 24.6 Å². The highest BCUT2D eigenvalue weighted by atomic mass is 32.2. The van der Waals surface area contributed by atoms with E-state index in [1.54, 1.807) is 0 Å². The van der Waals surface area contributed by atoms with Crippen molar-refractivity contribution in [3.05, 3.63) is 35.9 Å². The van der Waals surface area contributed by atoms with Crippen LogP contribution >= 0.6 is 11.8 Å². The first kappa shape index (κ1) is 29.3. The number of amides is 1. The Balaban J connectivity index is 1.62. The van der Waals surface area contributed by atoms with Crippen LogP contribution in [0.15, 0.2) is 30.3 Å². The fourth-order valence-electron chi connectivity index (χ4n) is 4.60. The van der Waals surface area contributed by atoms with Crippen molar-refractivity contribution in [1.29, 1.82) is 0 Å². The van der Waals surface area contributed by atoms with E-state index in [1.807, 2.05) is 35.3 Å². The van der Waals surface area contributed by atoms with Crippen molar-refractivity contribution in [3.63, 3.8) is 0 Å². The van der Waals surface area contributed by atoms with Gasteiger partial charge in [-0.3, -0.25) is 30.3 Å². The van der Waals surface area contributed by atoms with E-state index in [9.17, 15) is 19.5 Å². The smallest absolute Gasteiger partial charge is 0.328 e. The van der Waals surface area contributed by atoms with Gasteiger partial charge in [-0.15, -0.1) is 0 Å². The first-order valence-corrected chi connectivity index (χ1v) is 13.7. The molecule has 12 nitrogen and oxygen atoms in total. The number of esters is 1. The zero-order chi connectivity index (χ0) is 26.6. The fraction of sp³-hybridized carbons (Fsp3) is 0.625. The molecular weight excluding hydrogens is 504 g/mol. The average molecular weight is 541 g/mol. The standard InChI is InChI=1S/C24H36N4O8S/c29-22-19(8-4-12-26-13-5-9-21(23(30)31)27(22)26)25-20(11-10-18-6-2-1-3-7-18)24(32)35-14-16-37-17-15-36-28(33)34/h1-3,6-7,19-21,25,33-34H,4-5,8-17H2,(H,30,31). The van der Waals surface area contributed by atoms with Crippen LogP contribution in [0.2, 0.25) is 0 Å². The number of fused-ring (bicyclic) bond motifs is 1. The van der Waals surface area contributed by atoms with Gasteiger partial charge in [0.1, 0.15) is 18.7 Å². The minimum atomic E-state index is -1.02. The lowest BCUT2D eigenvalue weighted by Crippen LogP contribution is -2.61. The van der Waals surface area contributed by atoms with E-state index in [0.29, 0.717) is 63.1 Å². The Morgan fingerprint density at radius 2 is 1.81 bits per heavy atom. The summed E-state index contributed by atoms with van der Waals surface area (Å²) in [4.78, 5) is 42.9. The molecule has 1 aromatic carbocycles. The minimum Gasteiger partial charge on any atom is -0.480 e. The molecule has 2 heterocycles. The van der Waals surface area contributed by atoms with Crippen molar-refractivity contribution in [2.45, 2.75) is 56.7 Å². The number of ether oxygens (including phenoxy) is 1. The number of hydrogen-bond acceptors (Lipinski definition) is 11. The van der Waals surface area contributed by atoms with Crippen LogP contribution in [-0.4, -0.2) is 105 Å². The van der Waals surface area contributed by atoms with Gasteiger partial charge < -0.3 is 9.84 Å². The molecule has 0 saturated carbocycles. The third-order valence-corrected chi connectivity index (χ3v) is 7.28. The molecule has 37 heavy (non-hydrogen) atoms. The second-order valence-corrected chi connectivity index (χ2v) is 10.2. The van der Waals surface area contributed by atoms with Crippen LogP contribution in [-0.2, 0) is 30.4 Å². The maximum absolute atomic E-state index is 13.5. The van der Waals surface area contributed by atoms with Crippen LogP contribution in [0.25, 0.3) is 0 Å². The van der Waals surface area contributed by atoms with E-state index in [1.165, 1.54) is 16.8 Å². The van der Waals surface area contributed by atoms with Gasteiger partial charge >= 0.3 is 11.9 Å². The lowest BCUT2D eigenvalue weighted by atomic mass is 10.0. The molecule has 3 unspecified atom stereocenters. The predicted octanol–water partition coefficient (Wildman–Crippen LogP) is 1.32. The molecule has 1 aromatic rings. The first-order valence-electron chi connectivity index (χ1n) is 12.5. The molecule has 3 atom stereocenters. The second-order valence-electron chi connectivity index (χ2n) is 8.94. The minimum absolute atomic E-state index is 0.0848. The summed E-state index contributed by atoms with van der Waals surface area (Å²) in [7, 11) is 0. The fourth-order valence-corrected chi connectivity index (χ4v) is 5.20. The molecule has 0 aliphatic carbocycles. The SMILES string of the molecule is O=C(OCCSCCON(O)O)C(CCc1ccccc1)NC1CCCN2CCCC(C(=O)O)N2C1=O. The Morgan fingerprint density at radius 3 is 2.51 bits per heavy atom. The molecule has 2 fully saturated rings. The average Bonchev–Trinajstić information content (AvgIpc) is 3.04. The van der Waals surface area contributed by atoms with Crippen LogP contribution in [0.3, 0.4) is 0 Å². The summed E-state index contributed by atoms with van der Waals surface area (Å²) in [5.74, 6) is -0.847. The number of hydrogen-bond donors (Lipinski definition) is 4. The van der Waals surface area contributed by atoms with Gasteiger partial charge in [0.05, 0.1) is 18.0 Å². The lowest BCUT2D eigenvalue weighted by Gasteiger charge is -2.42. The van der Waals surface area contributed by atoms with Gasteiger partial charge in [-0.05, 0) is 44.1 Å². The zero-order valence-corrected chi connectivity index (χ0v) is 21.6. The molecule has 0 spiro atoms. The molecule has 13 heteroatoms. The Bertz CT molecular complexity index is 878. The highest BCUT2D eigenvalue weighted by molar-refractivity contribution is 7.99. The molecule has 2 aliphatic heterocycles. The van der Waals surface area contributed by atoms with Gasteiger partial charge in [0.2, 0.25) is 0 Å². The number of thioether (sulfide) groups is 1. The Labute approximate surface area is 220 Å². The van der Waals surface area contributed by atoms with Crippen LogP contribution in [0.1, 0.15) is 37.7 Å². The van der Waals surface area contributed by atoms with Gasteiger partial charge in [-0.2, -0.15) is 11.8 Å². The summed E-state index contributed by atoms with van der Waals surface area (Å²) in [5, 5.41) is 32.8. The molecular formula is C24H36N4O8S. The number of carboxylic acid groups (broad SMARTS) is 1. The lowest BCUT2D eigenvalue weighted by molar-refractivity contribution is -0.490. The number of aliphatic carboxylic acids is 1. The van der Waals surface area contributed by atoms with Gasteiger partial charge in [0.15, 0.2) is 0 Å². The maximum Gasteiger partial charge on any atom is 0.328 e. The third-order valence-electron chi connectivity index (χ3n) is 6.37. The normalized spacial score (nSPS) is 21.4. The highest BCUT2D eigenvalue weighted by Gasteiger charge is 2.42. The predicted molar refractivity (Wildman–Crippen MR) is 133 cm³/mol. The van der Waals surface area contributed by atoms with Crippen molar-refractivity contribution >= 4 is 29.6 Å². The number of nitrogens with zero attached hydrogens (tertiary/aromatic N) is 3. The number of nitrogens with one attached hydrogen (secondary N) is 1. The van der Waals surface area contributed by atoms with E-state index in [4.69, 9.17) is 15.2 Å². The number of hydrazine groups is 1. The largest absolute Gasteiger partial charge is 0.480 e. The molecule has 2 saturated heterocycles. The van der Waals surface area contributed by atoms with Crippen LogP contribution in [0.5, 0.6) is 0 Å². The zero-order valence-electron chi connectivity index (χ0n) is 20.7. The van der Waals surface area contributed by atoms with Crippen LogP contribution in [0.4, 0.5) is 0 Å². The van der Waals surface area contributed by atoms with Gasteiger partial charge in [0.25, 0.3) is 5.91 Å². The topological polar surface area (TPSA) is 152 Å². The number of rotatable bonds is 14. The van der Waals surface area contributed by atoms with E-state index < -0.39 is 30.1 Å². The molecule has 0 radical (unpaired) electrons. The number of aryl methyl sites for hydroxylation is 1. The summed E-state index contributed by atoms with van der Waals surface area (Å²) in [6.45, 7) is 1.47. The van der Waals surface area contributed by atoms with E-state index >= 15 is 0 Å². The molecule has 2 aliphatic rings. The van der Waals surface area contributed by atoms with E-state index in [0.717, 1.165) is 5.56 Å². The summed E-state index contributed by atoms with van der Waals surface area (Å²) in [6.07, 6.45) is 3.34. The van der Waals surface area contributed by atoms with Gasteiger partial charge in [-0.25, -0.2) is 14.6 Å². The molecule has 4 N–H and O–H groups in total. The number of carbonyl (C=O) groups is 3. The van der Waals surface area contributed by atoms with Gasteiger partial charge in [-0.1, -0.05) is 30.3 Å². The third kappa shape index (κ3) is 9.21. The molecule has 3 rings (SSSR count). The van der Waals surface area contributed by atoms with E-state index in [-0.39, 0.29) is 24.5 Å². The quantitative estimate of drug-likeness (QED) is 0.153. The van der Waals surface area contributed by atoms with Crippen LogP contribution < -0.4 is 5.32 Å². The highest BCUT2D eigenvalue weighted by Crippen LogP contribution is 2.24. The summed E-state index contributed by atoms with van der Waals surface area (Å²) < 4.78 is 5.49. The maximum atomic E-state index is 13.5. The Kier molecular flexibility index (Phi) is 12.1. The van der Waals surface area contributed by atoms with Crippen molar-refractivity contribution in [3.8, 4) is 0 Å². The summed E-state index contributed by atoms with van der Waals surface area (Å²) >= 11 is 1.42. The van der Waals surface area contributed by atoms with Crippen molar-refractivity contribution < 1.29 is 39.5 Å². The Hall–Kier alpha value is -2.26. The second kappa shape index (κ2) is 15.2. The Morgan fingerprint density at radius 1 is 1.11 bits per heavy atom.